The van der Waals surface area contributed by atoms with Crippen LogP contribution < -0.4 is 10.1 Å². The number of nitrogens with zero attached hydrogens (tertiary/aromatic N) is 3. The number of ether oxygens (including phenoxy) is 1. The van der Waals surface area contributed by atoms with E-state index in [-0.39, 0.29) is 5.91 Å². The number of hydrogen-bond donors (Lipinski definition) is 1. The molecule has 1 N–H and O–H groups in total. The first-order valence-electron chi connectivity index (χ1n) is 10.5. The molecule has 0 saturated heterocycles. The highest BCUT2D eigenvalue weighted by Crippen LogP contribution is 2.34. The first-order valence-corrected chi connectivity index (χ1v) is 11.3. The first kappa shape index (κ1) is 22.7. The van der Waals surface area contributed by atoms with E-state index in [1.807, 2.05) is 30.3 Å². The van der Waals surface area contributed by atoms with Crippen LogP contribution in [0.2, 0.25) is 10.0 Å². The summed E-state index contributed by atoms with van der Waals surface area (Å²) >= 11 is 12.3. The second-order valence-electron chi connectivity index (χ2n) is 7.52. The Morgan fingerprint density at radius 3 is 2.60 bits per heavy atom. The molecule has 9 heteroatoms. The highest BCUT2D eigenvalue weighted by molar-refractivity contribution is 6.43. The Kier molecular flexibility index (Phi) is 6.27. The molecule has 0 bridgehead atoms. The number of nitrogens with one attached hydrogen (secondary N) is 1. The summed E-state index contributed by atoms with van der Waals surface area (Å²) < 4.78 is 11.0. The molecule has 0 aliphatic carbocycles. The molecule has 0 spiro atoms. The zero-order chi connectivity index (χ0) is 24.4. The summed E-state index contributed by atoms with van der Waals surface area (Å²) in [5.74, 6) is 1.50. The summed E-state index contributed by atoms with van der Waals surface area (Å²) in [6.45, 7) is 0. The van der Waals surface area contributed by atoms with Crippen LogP contribution in [-0.2, 0) is 4.79 Å². The van der Waals surface area contributed by atoms with Crippen molar-refractivity contribution < 1.29 is 13.9 Å². The summed E-state index contributed by atoms with van der Waals surface area (Å²) in [7, 11) is 1.61. The minimum atomic E-state index is -0.314. The number of anilines is 1. The predicted molar refractivity (Wildman–Crippen MR) is 137 cm³/mol. The number of halogens is 2. The van der Waals surface area contributed by atoms with Gasteiger partial charge < -0.3 is 14.5 Å². The summed E-state index contributed by atoms with van der Waals surface area (Å²) in [6.07, 6.45) is 2.97. The van der Waals surface area contributed by atoms with Gasteiger partial charge in [0.2, 0.25) is 5.91 Å². The molecule has 3 aromatic carbocycles. The third kappa shape index (κ3) is 4.91. The molecule has 5 aromatic rings. The van der Waals surface area contributed by atoms with E-state index in [0.717, 1.165) is 11.4 Å². The van der Waals surface area contributed by atoms with Gasteiger partial charge in [-0.25, -0.2) is 0 Å². The highest BCUT2D eigenvalue weighted by Gasteiger charge is 2.11. The van der Waals surface area contributed by atoms with Gasteiger partial charge in [0.15, 0.2) is 0 Å². The minimum absolute atomic E-state index is 0.314. The van der Waals surface area contributed by atoms with Crippen molar-refractivity contribution >= 4 is 51.9 Å². The summed E-state index contributed by atoms with van der Waals surface area (Å²) in [4.78, 5) is 14.0. The first-order chi connectivity index (χ1) is 17.0. The molecule has 0 aliphatic heterocycles. The molecular weight excluding hydrogens is 487 g/mol. The van der Waals surface area contributed by atoms with Crippen molar-refractivity contribution in [2.75, 3.05) is 12.4 Å². The number of methoxy groups -OCH3 is 1. The monoisotopic (exact) mass is 504 g/mol. The average molecular weight is 505 g/mol. The van der Waals surface area contributed by atoms with E-state index in [4.69, 9.17) is 32.4 Å². The van der Waals surface area contributed by atoms with E-state index in [1.165, 1.54) is 10.9 Å². The van der Waals surface area contributed by atoms with Crippen LogP contribution in [0, 0.1) is 0 Å². The molecule has 0 radical (unpaired) electrons. The SMILES string of the molecule is COc1ccc(-n2nc3ccc(NC(=O)C=Cc4ccc(-c5cccc(Cl)c5Cl)o4)cc3n2)cc1. The van der Waals surface area contributed by atoms with Gasteiger partial charge in [0.1, 0.15) is 28.3 Å². The van der Waals surface area contributed by atoms with Crippen molar-refractivity contribution in [1.29, 1.82) is 0 Å². The normalized spacial score (nSPS) is 11.3. The van der Waals surface area contributed by atoms with E-state index < -0.39 is 0 Å². The lowest BCUT2D eigenvalue weighted by atomic mass is 10.2. The average Bonchev–Trinajstić information content (AvgIpc) is 3.51. The Morgan fingerprint density at radius 1 is 1.00 bits per heavy atom. The molecule has 2 heterocycles. The van der Waals surface area contributed by atoms with Crippen LogP contribution >= 0.6 is 23.2 Å². The highest BCUT2D eigenvalue weighted by atomic mass is 35.5. The summed E-state index contributed by atoms with van der Waals surface area (Å²) in [5.41, 5.74) is 3.43. The number of fused-ring (bicyclic) bond motifs is 1. The van der Waals surface area contributed by atoms with E-state index in [1.54, 1.807) is 55.7 Å². The maximum absolute atomic E-state index is 12.5. The molecule has 7 nitrogen and oxygen atoms in total. The van der Waals surface area contributed by atoms with Gasteiger partial charge in [-0.3, -0.25) is 4.79 Å². The van der Waals surface area contributed by atoms with E-state index in [9.17, 15) is 4.79 Å². The van der Waals surface area contributed by atoms with Crippen LogP contribution in [0.5, 0.6) is 5.75 Å². The molecule has 0 unspecified atom stereocenters. The van der Waals surface area contributed by atoms with E-state index in [2.05, 4.69) is 15.5 Å². The van der Waals surface area contributed by atoms with E-state index >= 15 is 0 Å². The number of hydrogen-bond acceptors (Lipinski definition) is 5. The smallest absolute Gasteiger partial charge is 0.248 e. The second-order valence-corrected chi connectivity index (χ2v) is 8.30. The van der Waals surface area contributed by atoms with Crippen molar-refractivity contribution in [3.63, 3.8) is 0 Å². The summed E-state index contributed by atoms with van der Waals surface area (Å²) in [6, 6.07) is 21.6. The fraction of sp³-hybridized carbons (Fsp3) is 0.0385. The maximum Gasteiger partial charge on any atom is 0.248 e. The van der Waals surface area contributed by atoms with Gasteiger partial charge in [-0.1, -0.05) is 29.3 Å². The van der Waals surface area contributed by atoms with Crippen LogP contribution in [0.4, 0.5) is 5.69 Å². The standard InChI is InChI=1S/C26H18Cl2N4O3/c1-34-18-8-6-17(7-9-18)32-30-22-12-5-16(15-23(22)31-32)29-25(33)14-11-19-10-13-24(35-19)20-3-2-4-21(27)26(20)28/h2-15H,1H3,(H,29,33). The number of aromatic nitrogens is 3. The molecule has 5 rings (SSSR count). The Morgan fingerprint density at radius 2 is 1.80 bits per heavy atom. The fourth-order valence-electron chi connectivity index (χ4n) is 3.45. The molecule has 1 amide bonds. The van der Waals surface area contributed by atoms with Gasteiger partial charge in [0, 0.05) is 17.3 Å². The third-order valence-electron chi connectivity index (χ3n) is 5.19. The van der Waals surface area contributed by atoms with Crippen molar-refractivity contribution in [2.45, 2.75) is 0 Å². The molecule has 0 saturated carbocycles. The van der Waals surface area contributed by atoms with Crippen molar-refractivity contribution in [3.8, 4) is 22.8 Å². The number of rotatable bonds is 6. The Balaban J connectivity index is 1.28. The van der Waals surface area contributed by atoms with E-state index in [0.29, 0.717) is 43.9 Å². The lowest BCUT2D eigenvalue weighted by Gasteiger charge is -2.02. The Labute approximate surface area is 210 Å². The second kappa shape index (κ2) is 9.66. The van der Waals surface area contributed by atoms with Gasteiger partial charge in [-0.05, 0) is 72.8 Å². The van der Waals surface area contributed by atoms with Crippen LogP contribution in [-0.4, -0.2) is 28.0 Å². The van der Waals surface area contributed by atoms with Crippen molar-refractivity contribution in [3.05, 3.63) is 94.7 Å². The topological polar surface area (TPSA) is 82.2 Å². The zero-order valence-corrected chi connectivity index (χ0v) is 19.9. The molecule has 35 heavy (non-hydrogen) atoms. The molecule has 0 atom stereocenters. The van der Waals surface area contributed by atoms with Crippen LogP contribution in [0.25, 0.3) is 34.1 Å². The minimum Gasteiger partial charge on any atom is -0.497 e. The third-order valence-corrected chi connectivity index (χ3v) is 6.01. The molecule has 0 aliphatic rings. The number of carbonyl (C=O) groups excluding carboxylic acids is 1. The molecule has 2 aromatic heterocycles. The van der Waals surface area contributed by atoms with Crippen LogP contribution in [0.1, 0.15) is 5.76 Å². The Bertz CT molecular complexity index is 1550. The predicted octanol–water partition coefficient (Wildman–Crippen LogP) is 6.65. The van der Waals surface area contributed by atoms with Gasteiger partial charge in [0.25, 0.3) is 0 Å². The maximum atomic E-state index is 12.5. The molecular formula is C26H18Cl2N4O3. The molecule has 0 fully saturated rings. The number of amides is 1. The van der Waals surface area contributed by atoms with Crippen LogP contribution in [0.3, 0.4) is 0 Å². The lowest BCUT2D eigenvalue weighted by molar-refractivity contribution is -0.111. The number of benzene rings is 3. The largest absolute Gasteiger partial charge is 0.497 e. The summed E-state index contributed by atoms with van der Waals surface area (Å²) in [5, 5.41) is 12.7. The lowest BCUT2D eigenvalue weighted by Crippen LogP contribution is -2.07. The van der Waals surface area contributed by atoms with Gasteiger partial charge in [-0.15, -0.1) is 10.2 Å². The van der Waals surface area contributed by atoms with Crippen molar-refractivity contribution in [1.82, 2.24) is 15.0 Å². The van der Waals surface area contributed by atoms with Gasteiger partial charge in [0.05, 0.1) is 22.8 Å². The Hall–Kier alpha value is -4.07. The zero-order valence-electron chi connectivity index (χ0n) is 18.4. The number of carbonyl (C=O) groups is 1. The molecule has 174 valence electrons. The fourth-order valence-corrected chi connectivity index (χ4v) is 3.84. The van der Waals surface area contributed by atoms with Crippen LogP contribution in [0.15, 0.2) is 83.3 Å². The van der Waals surface area contributed by atoms with Crippen molar-refractivity contribution in [2.24, 2.45) is 0 Å². The quantitative estimate of drug-likeness (QED) is 0.262. The number of furan rings is 1. The van der Waals surface area contributed by atoms with Gasteiger partial charge in [-0.2, -0.15) is 4.80 Å². The van der Waals surface area contributed by atoms with Gasteiger partial charge >= 0.3 is 0 Å².